The smallest absolute Gasteiger partial charge is 0.316 e. The summed E-state index contributed by atoms with van der Waals surface area (Å²) in [5.41, 5.74) is 1.51. The fraction of sp³-hybridized carbons (Fsp3) is 0.192. The predicted octanol–water partition coefficient (Wildman–Crippen LogP) is 4.54. The molecule has 1 aliphatic heterocycles. The van der Waals surface area contributed by atoms with Crippen molar-refractivity contribution in [3.63, 3.8) is 0 Å². The molecule has 3 aromatic rings. The molecule has 1 atom stereocenters. The van der Waals surface area contributed by atoms with Crippen LogP contribution in [0.2, 0.25) is 0 Å². The Bertz CT molecular complexity index is 1130. The molecule has 168 valence electrons. The van der Waals surface area contributed by atoms with Crippen LogP contribution in [-0.2, 0) is 4.79 Å². The maximum atomic E-state index is 13.1. The van der Waals surface area contributed by atoms with Crippen LogP contribution in [0.15, 0.2) is 78.9 Å². The van der Waals surface area contributed by atoms with Gasteiger partial charge >= 0.3 is 5.97 Å². The number of ether oxygens (including phenoxy) is 1. The number of hydrogen-bond acceptors (Lipinski definition) is 4. The van der Waals surface area contributed by atoms with E-state index in [0.29, 0.717) is 42.0 Å². The molecule has 1 unspecified atom stereocenters. The quantitative estimate of drug-likeness (QED) is 0.461. The molecule has 7 heteroatoms. The summed E-state index contributed by atoms with van der Waals surface area (Å²) in [4.78, 5) is 39.2. The number of carbonyl (C=O) groups is 3. The second-order valence-electron chi connectivity index (χ2n) is 7.86. The van der Waals surface area contributed by atoms with Crippen LogP contribution in [0.5, 0.6) is 5.75 Å². The van der Waals surface area contributed by atoms with Crippen LogP contribution < -0.4 is 10.1 Å². The Balaban J connectivity index is 1.33. The topological polar surface area (TPSA) is 75.7 Å². The van der Waals surface area contributed by atoms with Crippen molar-refractivity contribution in [2.75, 3.05) is 18.4 Å². The molecule has 0 aromatic heterocycles. The summed E-state index contributed by atoms with van der Waals surface area (Å²) in [6.45, 7) is 0.788. The predicted molar refractivity (Wildman–Crippen MR) is 121 cm³/mol. The Labute approximate surface area is 191 Å². The van der Waals surface area contributed by atoms with E-state index in [1.54, 1.807) is 53.4 Å². The van der Waals surface area contributed by atoms with Gasteiger partial charge in [0.15, 0.2) is 0 Å². The van der Waals surface area contributed by atoms with E-state index < -0.39 is 17.7 Å². The van der Waals surface area contributed by atoms with Crippen LogP contribution >= 0.6 is 0 Å². The number of nitrogens with zero attached hydrogens (tertiary/aromatic N) is 1. The molecule has 2 amide bonds. The Morgan fingerprint density at radius 1 is 0.879 bits per heavy atom. The minimum atomic E-state index is -0.444. The third-order valence-corrected chi connectivity index (χ3v) is 5.50. The molecule has 0 bridgehead atoms. The molecule has 0 radical (unpaired) electrons. The van der Waals surface area contributed by atoms with Crippen LogP contribution in [0.3, 0.4) is 0 Å². The monoisotopic (exact) mass is 446 g/mol. The second kappa shape index (κ2) is 10.1. The first-order chi connectivity index (χ1) is 16.0. The van der Waals surface area contributed by atoms with Gasteiger partial charge in [-0.15, -0.1) is 0 Å². The van der Waals surface area contributed by atoms with Crippen LogP contribution in [0.25, 0.3) is 0 Å². The first-order valence-electron chi connectivity index (χ1n) is 10.7. The first-order valence-corrected chi connectivity index (χ1v) is 10.7. The second-order valence-corrected chi connectivity index (χ2v) is 7.86. The number of rotatable bonds is 5. The molecule has 0 aliphatic carbocycles. The SMILES string of the molecule is O=C(Nc1ccc(OC(=O)C2CCCN(C(=O)c3ccc(F)cc3)C2)cc1)c1ccccc1. The highest BCUT2D eigenvalue weighted by molar-refractivity contribution is 6.04. The lowest BCUT2D eigenvalue weighted by atomic mass is 9.97. The van der Waals surface area contributed by atoms with Crippen molar-refractivity contribution in [3.05, 3.63) is 95.8 Å². The first kappa shape index (κ1) is 22.2. The van der Waals surface area contributed by atoms with Gasteiger partial charge in [0.2, 0.25) is 0 Å². The number of halogens is 1. The van der Waals surface area contributed by atoms with Crippen molar-refractivity contribution in [2.45, 2.75) is 12.8 Å². The minimum Gasteiger partial charge on any atom is -0.426 e. The zero-order chi connectivity index (χ0) is 23.2. The molecule has 0 spiro atoms. The maximum Gasteiger partial charge on any atom is 0.316 e. The normalized spacial score (nSPS) is 15.5. The summed E-state index contributed by atoms with van der Waals surface area (Å²) in [6, 6.07) is 20.8. The number of nitrogens with one attached hydrogen (secondary N) is 1. The highest BCUT2D eigenvalue weighted by Crippen LogP contribution is 2.23. The molecule has 33 heavy (non-hydrogen) atoms. The number of likely N-dealkylation sites (tertiary alicyclic amines) is 1. The van der Waals surface area contributed by atoms with Gasteiger partial charge in [-0.3, -0.25) is 14.4 Å². The fourth-order valence-electron chi connectivity index (χ4n) is 3.73. The molecule has 4 rings (SSSR count). The molecule has 1 N–H and O–H groups in total. The van der Waals surface area contributed by atoms with Gasteiger partial charge in [-0.1, -0.05) is 18.2 Å². The molecule has 0 saturated carbocycles. The van der Waals surface area contributed by atoms with E-state index in [1.165, 1.54) is 24.3 Å². The lowest BCUT2D eigenvalue weighted by Gasteiger charge is -2.31. The third kappa shape index (κ3) is 5.63. The number of anilines is 1. The summed E-state index contributed by atoms with van der Waals surface area (Å²) in [5, 5.41) is 2.79. The van der Waals surface area contributed by atoms with Crippen molar-refractivity contribution in [3.8, 4) is 5.75 Å². The van der Waals surface area contributed by atoms with Crippen molar-refractivity contribution in [1.82, 2.24) is 4.90 Å². The summed E-state index contributed by atoms with van der Waals surface area (Å²) < 4.78 is 18.6. The van der Waals surface area contributed by atoms with Crippen LogP contribution in [0.1, 0.15) is 33.6 Å². The standard InChI is InChI=1S/C26H23FN2O4/c27-21-10-8-19(9-11-21)25(31)29-16-4-7-20(17-29)26(32)33-23-14-12-22(13-15-23)28-24(30)18-5-2-1-3-6-18/h1-3,5-6,8-15,20H,4,7,16-17H2,(H,28,30). The molecule has 1 saturated heterocycles. The summed E-state index contributed by atoms with van der Waals surface area (Å²) in [5.74, 6) is -1.36. The molecule has 3 aromatic carbocycles. The van der Waals surface area contributed by atoms with E-state index in [4.69, 9.17) is 4.74 Å². The van der Waals surface area contributed by atoms with Gasteiger partial charge in [-0.05, 0) is 73.5 Å². The summed E-state index contributed by atoms with van der Waals surface area (Å²) in [6.07, 6.45) is 1.30. The maximum absolute atomic E-state index is 13.1. The minimum absolute atomic E-state index is 0.228. The number of benzene rings is 3. The zero-order valence-electron chi connectivity index (χ0n) is 17.9. The van der Waals surface area contributed by atoms with Crippen molar-refractivity contribution in [2.24, 2.45) is 5.92 Å². The molecule has 6 nitrogen and oxygen atoms in total. The van der Waals surface area contributed by atoms with Gasteiger partial charge < -0.3 is 15.0 Å². The van der Waals surface area contributed by atoms with E-state index >= 15 is 0 Å². The Morgan fingerprint density at radius 3 is 2.27 bits per heavy atom. The number of hydrogen-bond donors (Lipinski definition) is 1. The number of esters is 1. The van der Waals surface area contributed by atoms with E-state index in [-0.39, 0.29) is 18.4 Å². The van der Waals surface area contributed by atoms with Gasteiger partial charge in [0.25, 0.3) is 11.8 Å². The van der Waals surface area contributed by atoms with Crippen LogP contribution in [0, 0.1) is 11.7 Å². The zero-order valence-corrected chi connectivity index (χ0v) is 17.9. The number of piperidine rings is 1. The Hall–Kier alpha value is -4.00. The fourth-order valence-corrected chi connectivity index (χ4v) is 3.73. The van der Waals surface area contributed by atoms with Gasteiger partial charge in [0, 0.05) is 29.9 Å². The highest BCUT2D eigenvalue weighted by atomic mass is 19.1. The van der Waals surface area contributed by atoms with Crippen molar-refractivity contribution in [1.29, 1.82) is 0 Å². The van der Waals surface area contributed by atoms with Gasteiger partial charge in [0.05, 0.1) is 5.92 Å². The molecule has 1 aliphatic rings. The third-order valence-electron chi connectivity index (χ3n) is 5.50. The van der Waals surface area contributed by atoms with E-state index in [0.717, 1.165) is 0 Å². The van der Waals surface area contributed by atoms with E-state index in [2.05, 4.69) is 5.32 Å². The van der Waals surface area contributed by atoms with Crippen molar-refractivity contribution >= 4 is 23.5 Å². The Morgan fingerprint density at radius 2 is 1.58 bits per heavy atom. The highest BCUT2D eigenvalue weighted by Gasteiger charge is 2.30. The number of carbonyl (C=O) groups excluding carboxylic acids is 3. The molecule has 1 heterocycles. The molecule has 1 fully saturated rings. The average molecular weight is 446 g/mol. The number of amides is 2. The summed E-state index contributed by atoms with van der Waals surface area (Å²) >= 11 is 0. The lowest BCUT2D eigenvalue weighted by Crippen LogP contribution is -2.43. The molecular formula is C26H23FN2O4. The lowest BCUT2D eigenvalue weighted by molar-refractivity contribution is -0.140. The van der Waals surface area contributed by atoms with Gasteiger partial charge in [-0.2, -0.15) is 0 Å². The van der Waals surface area contributed by atoms with Gasteiger partial charge in [-0.25, -0.2) is 4.39 Å². The van der Waals surface area contributed by atoms with Crippen molar-refractivity contribution < 1.29 is 23.5 Å². The summed E-state index contributed by atoms with van der Waals surface area (Å²) in [7, 11) is 0. The van der Waals surface area contributed by atoms with E-state index in [1.807, 2.05) is 6.07 Å². The van der Waals surface area contributed by atoms with Crippen LogP contribution in [0.4, 0.5) is 10.1 Å². The van der Waals surface area contributed by atoms with Gasteiger partial charge in [0.1, 0.15) is 11.6 Å². The van der Waals surface area contributed by atoms with Crippen LogP contribution in [-0.4, -0.2) is 35.8 Å². The van der Waals surface area contributed by atoms with E-state index in [9.17, 15) is 18.8 Å². The Kier molecular flexibility index (Phi) is 6.78. The molecular weight excluding hydrogens is 423 g/mol. The average Bonchev–Trinajstić information content (AvgIpc) is 2.86. The largest absolute Gasteiger partial charge is 0.426 e.